The highest BCUT2D eigenvalue weighted by molar-refractivity contribution is 7.99. The first-order valence-electron chi connectivity index (χ1n) is 20.0. The maximum absolute atomic E-state index is 13.4. The van der Waals surface area contributed by atoms with Crippen LogP contribution in [-0.2, 0) is 71.4 Å². The Labute approximate surface area is 365 Å². The Bertz CT molecular complexity index is 1900. The minimum Gasteiger partial charge on any atom is -0.463 e. The van der Waals surface area contributed by atoms with Crippen molar-refractivity contribution in [1.82, 2.24) is 5.09 Å². The molecule has 18 heteroatoms. The molecule has 0 unspecified atom stereocenters. The first kappa shape index (κ1) is 48.1. The molecule has 2 aliphatic rings. The predicted molar refractivity (Wildman–Crippen MR) is 228 cm³/mol. The van der Waals surface area contributed by atoms with E-state index in [1.807, 2.05) is 97.9 Å². The third-order valence-corrected chi connectivity index (χ3v) is 14.7. The van der Waals surface area contributed by atoms with Gasteiger partial charge in [-0.05, 0) is 42.2 Å². The summed E-state index contributed by atoms with van der Waals surface area (Å²) in [6, 6.07) is 28.7. The van der Waals surface area contributed by atoms with Gasteiger partial charge in [0.25, 0.3) is 0 Å². The van der Waals surface area contributed by atoms with Gasteiger partial charge in [-0.15, -0.1) is 11.8 Å². The van der Waals surface area contributed by atoms with Gasteiger partial charge < -0.3 is 42.6 Å². The van der Waals surface area contributed by atoms with Crippen LogP contribution >= 0.6 is 19.2 Å². The van der Waals surface area contributed by atoms with Crippen LogP contribution in [0.5, 0.6) is 0 Å². The summed E-state index contributed by atoms with van der Waals surface area (Å²) in [6.07, 6.45) is -11.5. The molecule has 16 nitrogen and oxygen atoms in total. The molecule has 0 amide bonds. The van der Waals surface area contributed by atoms with Gasteiger partial charge >= 0.3 is 35.8 Å². The van der Waals surface area contributed by atoms with Crippen molar-refractivity contribution in [2.45, 2.75) is 109 Å². The van der Waals surface area contributed by atoms with E-state index in [2.05, 4.69) is 5.09 Å². The molecule has 3 aromatic carbocycles. The maximum Gasteiger partial charge on any atom is 0.303 e. The van der Waals surface area contributed by atoms with Gasteiger partial charge in [0.15, 0.2) is 38.1 Å². The molecule has 0 spiro atoms. The van der Waals surface area contributed by atoms with E-state index in [9.17, 15) is 28.8 Å². The third kappa shape index (κ3) is 12.2. The predicted octanol–water partition coefficient (Wildman–Crippen LogP) is 3.29. The van der Waals surface area contributed by atoms with Gasteiger partial charge in [0.2, 0.25) is 0 Å². The lowest BCUT2D eigenvalue weighted by atomic mass is 9.96. The summed E-state index contributed by atoms with van der Waals surface area (Å²) in [4.78, 5) is 75.6. The number of benzene rings is 3. The molecule has 1 N–H and O–H groups in total. The Morgan fingerprint density at radius 3 is 1.35 bits per heavy atom. The maximum atomic E-state index is 13.4. The first-order valence-corrected chi connectivity index (χ1v) is 22.9. The fourth-order valence-electron chi connectivity index (χ4n) is 7.48. The number of esters is 6. The Morgan fingerprint density at radius 1 is 0.532 bits per heavy atom. The summed E-state index contributed by atoms with van der Waals surface area (Å²) in [5.41, 5.74) is -0.768. The van der Waals surface area contributed by atoms with Gasteiger partial charge in [0.05, 0.1) is 0 Å². The average molecular weight is 899 g/mol. The summed E-state index contributed by atoms with van der Waals surface area (Å²) in [5, 5.41) is 6.83. The number of rotatable bonds is 17. The number of nitrogens with one attached hydrogen (secondary N) is 1. The van der Waals surface area contributed by atoms with Gasteiger partial charge in [-0.25, -0.2) is 0 Å². The largest absolute Gasteiger partial charge is 0.463 e. The SMILES string of the molecule is CCS[C@@H]1O[C@H](COC(C)=O)[C@@H](O[C@@H]2O[C@H](COC(C)=O)[C@H](OC(C)=O)[C@H](OC(C)=O)[C@H]2OC(C)=O)[C@H](OC(C)=O)[C@H]1N[P+](c1ccccc1)(c1ccccc1)c1ccccc1. The normalized spacial score (nSPS) is 26.0. The van der Waals surface area contributed by atoms with Crippen LogP contribution in [0, 0.1) is 0 Å². The van der Waals surface area contributed by atoms with Crippen LogP contribution in [0.1, 0.15) is 48.5 Å². The number of ether oxygens (including phenoxy) is 9. The lowest BCUT2D eigenvalue weighted by molar-refractivity contribution is -0.336. The third-order valence-electron chi connectivity index (χ3n) is 9.74. The molecular formula is C44H53NO15PS+. The summed E-state index contributed by atoms with van der Waals surface area (Å²) in [6.45, 7) is 8.00. The topological polar surface area (TPSA) is 198 Å². The standard InChI is InChI=1S/C44H53NO15PS/c1-8-62-44-37(45-61(32-18-12-9-13-19-32,33-20-14-10-15-21-33)34-22-16-11-17-23-34)40(55-29(5)49)38(36(59-44)25-53-27(3)47)60-43-42(57-31(7)51)41(56-30(6)50)39(54-28(4)48)35(58-43)24-52-26(2)46/h9-23,35-45H,8,24-25H2,1-7H3/q+1/t35-,36-,37-,38-,39+,40-,41+,42-,43+,44+/m1/s1. The lowest BCUT2D eigenvalue weighted by Gasteiger charge is -2.49. The molecule has 62 heavy (non-hydrogen) atoms. The lowest BCUT2D eigenvalue weighted by Crippen LogP contribution is -2.68. The van der Waals surface area contributed by atoms with Gasteiger partial charge in [0.1, 0.15) is 58.9 Å². The molecule has 0 aliphatic carbocycles. The van der Waals surface area contributed by atoms with Gasteiger partial charge in [0, 0.05) is 41.5 Å². The molecule has 0 bridgehead atoms. The molecular weight excluding hydrogens is 846 g/mol. The highest BCUT2D eigenvalue weighted by atomic mass is 32.2. The Morgan fingerprint density at radius 2 is 0.935 bits per heavy atom. The zero-order valence-electron chi connectivity index (χ0n) is 35.5. The number of carbonyl (C=O) groups is 6. The quantitative estimate of drug-likeness (QED) is 0.118. The molecule has 0 saturated carbocycles. The van der Waals surface area contributed by atoms with E-state index in [1.165, 1.54) is 25.6 Å². The zero-order valence-corrected chi connectivity index (χ0v) is 37.2. The smallest absolute Gasteiger partial charge is 0.303 e. The van der Waals surface area contributed by atoms with Crippen molar-refractivity contribution in [3.63, 3.8) is 0 Å². The Kier molecular flexibility index (Phi) is 17.4. The van der Waals surface area contributed by atoms with Crippen LogP contribution in [-0.4, -0.2) is 115 Å². The fourth-order valence-corrected chi connectivity index (χ4v) is 12.5. The minimum atomic E-state index is -2.92. The molecule has 0 aromatic heterocycles. The molecule has 3 aromatic rings. The summed E-state index contributed by atoms with van der Waals surface area (Å²) < 4.78 is 54.0. The molecule has 2 aliphatic heterocycles. The van der Waals surface area contributed by atoms with Crippen LogP contribution < -0.4 is 21.0 Å². The molecule has 2 heterocycles. The van der Waals surface area contributed by atoms with Crippen molar-refractivity contribution in [3.05, 3.63) is 91.0 Å². The van der Waals surface area contributed by atoms with Crippen LogP contribution in [0.2, 0.25) is 0 Å². The second-order valence-electron chi connectivity index (χ2n) is 14.4. The van der Waals surface area contributed by atoms with Gasteiger partial charge in [-0.2, -0.15) is 5.09 Å². The van der Waals surface area contributed by atoms with Crippen molar-refractivity contribution in [1.29, 1.82) is 0 Å². The van der Waals surface area contributed by atoms with Crippen molar-refractivity contribution in [2.75, 3.05) is 19.0 Å². The zero-order chi connectivity index (χ0) is 45.0. The second kappa shape index (κ2) is 22.5. The Balaban J connectivity index is 1.73. The minimum absolute atomic E-state index is 0.382. The molecule has 2 saturated heterocycles. The highest BCUT2D eigenvalue weighted by Gasteiger charge is 2.59. The van der Waals surface area contributed by atoms with Gasteiger partial charge in [-0.1, -0.05) is 61.5 Å². The first-order chi connectivity index (χ1) is 29.6. The van der Waals surface area contributed by atoms with Crippen LogP contribution in [0.4, 0.5) is 0 Å². The average Bonchev–Trinajstić information content (AvgIpc) is 3.22. The van der Waals surface area contributed by atoms with E-state index in [4.69, 9.17) is 42.6 Å². The monoisotopic (exact) mass is 898 g/mol. The van der Waals surface area contributed by atoms with Gasteiger partial charge in [-0.3, -0.25) is 28.8 Å². The van der Waals surface area contributed by atoms with E-state index in [-0.39, 0.29) is 6.61 Å². The molecule has 10 atom stereocenters. The van der Waals surface area contributed by atoms with E-state index < -0.39 is 110 Å². The highest BCUT2D eigenvalue weighted by Crippen LogP contribution is 2.53. The molecule has 2 fully saturated rings. The number of hydrogen-bond acceptors (Lipinski definition) is 17. The number of thioether (sulfide) groups is 1. The van der Waals surface area contributed by atoms with Crippen LogP contribution in [0.25, 0.3) is 0 Å². The Hall–Kier alpha value is -4.90. The van der Waals surface area contributed by atoms with Crippen molar-refractivity contribution < 1.29 is 71.4 Å². The molecule has 0 radical (unpaired) electrons. The summed E-state index contributed by atoms with van der Waals surface area (Å²) in [5.74, 6) is -3.97. The van der Waals surface area contributed by atoms with Crippen molar-refractivity contribution in [3.8, 4) is 0 Å². The summed E-state index contributed by atoms with van der Waals surface area (Å²) in [7, 11) is -2.92. The van der Waals surface area contributed by atoms with E-state index in [0.717, 1.165) is 43.6 Å². The van der Waals surface area contributed by atoms with E-state index >= 15 is 0 Å². The van der Waals surface area contributed by atoms with Crippen LogP contribution in [0.15, 0.2) is 91.0 Å². The molecule has 334 valence electrons. The number of hydrogen-bond donors (Lipinski definition) is 1. The second-order valence-corrected chi connectivity index (χ2v) is 18.9. The number of carbonyl (C=O) groups excluding carboxylic acids is 6. The van der Waals surface area contributed by atoms with E-state index in [0.29, 0.717) is 5.75 Å². The summed E-state index contributed by atoms with van der Waals surface area (Å²) >= 11 is 1.43. The molecule has 5 rings (SSSR count). The van der Waals surface area contributed by atoms with Crippen molar-refractivity contribution in [2.24, 2.45) is 0 Å². The van der Waals surface area contributed by atoms with Crippen LogP contribution in [0.3, 0.4) is 0 Å². The van der Waals surface area contributed by atoms with Crippen molar-refractivity contribution >= 4 is 70.9 Å². The fraction of sp³-hybridized carbons (Fsp3) is 0.455. The van der Waals surface area contributed by atoms with E-state index in [1.54, 1.807) is 0 Å².